The summed E-state index contributed by atoms with van der Waals surface area (Å²) in [6.07, 6.45) is 7.30. The highest BCUT2D eigenvalue weighted by molar-refractivity contribution is 7.19. The first kappa shape index (κ1) is 25.6. The predicted molar refractivity (Wildman–Crippen MR) is 154 cm³/mol. The second-order valence-electron chi connectivity index (χ2n) is 12.0. The van der Waals surface area contributed by atoms with Gasteiger partial charge in [0.2, 0.25) is 5.91 Å². The Hall–Kier alpha value is -3.31. The van der Waals surface area contributed by atoms with Crippen molar-refractivity contribution in [3.8, 4) is 0 Å². The number of piperazine rings is 1. The number of carbonyl (C=O) groups is 2. The molecular formula is C29H35N7O3S. The molecule has 40 heavy (non-hydrogen) atoms. The lowest BCUT2D eigenvalue weighted by atomic mass is 9.86. The molecule has 11 heteroatoms. The van der Waals surface area contributed by atoms with E-state index in [0.29, 0.717) is 29.7 Å². The fourth-order valence-corrected chi connectivity index (χ4v) is 8.48. The molecule has 5 heterocycles. The second kappa shape index (κ2) is 9.37. The number of carbonyl (C=O) groups excluding carboxylic acids is 2. The second-order valence-corrected chi connectivity index (χ2v) is 13.1. The lowest BCUT2D eigenvalue weighted by Crippen LogP contribution is -2.53. The van der Waals surface area contributed by atoms with Crippen molar-refractivity contribution >= 4 is 44.9 Å². The molecule has 1 saturated heterocycles. The molecule has 2 aliphatic heterocycles. The molecule has 10 nitrogen and oxygen atoms in total. The van der Waals surface area contributed by atoms with E-state index in [1.54, 1.807) is 22.0 Å². The predicted octanol–water partition coefficient (Wildman–Crippen LogP) is 3.14. The number of nitrogens with zero attached hydrogens (tertiary/aromatic N) is 5. The summed E-state index contributed by atoms with van der Waals surface area (Å²) in [6.45, 7) is 6.53. The zero-order valence-electron chi connectivity index (χ0n) is 23.2. The topological polar surface area (TPSA) is 112 Å². The van der Waals surface area contributed by atoms with E-state index in [-0.39, 0.29) is 23.3 Å². The number of hydrogen-bond acceptors (Lipinski definition) is 8. The molecule has 210 valence electrons. The van der Waals surface area contributed by atoms with E-state index < -0.39 is 5.66 Å². The smallest absolute Gasteiger partial charge is 0.276 e. The Morgan fingerprint density at radius 3 is 2.77 bits per heavy atom. The third-order valence-corrected chi connectivity index (χ3v) is 10.7. The van der Waals surface area contributed by atoms with Gasteiger partial charge < -0.3 is 20.4 Å². The summed E-state index contributed by atoms with van der Waals surface area (Å²) in [7, 11) is 2.12. The van der Waals surface area contributed by atoms with Gasteiger partial charge in [-0.05, 0) is 83.0 Å². The van der Waals surface area contributed by atoms with Crippen LogP contribution in [-0.4, -0.2) is 68.9 Å². The molecular weight excluding hydrogens is 526 g/mol. The van der Waals surface area contributed by atoms with Crippen LogP contribution in [0.4, 0.5) is 11.5 Å². The minimum atomic E-state index is -0.627. The molecule has 1 saturated carbocycles. The number of fused-ring (bicyclic) bond motifs is 5. The Kier molecular flexibility index (Phi) is 6.01. The number of likely N-dealkylation sites (N-methyl/N-ethyl adjacent to an activating group) is 1. The van der Waals surface area contributed by atoms with Crippen LogP contribution in [0.3, 0.4) is 0 Å². The molecule has 0 bridgehead atoms. The van der Waals surface area contributed by atoms with Gasteiger partial charge >= 0.3 is 0 Å². The van der Waals surface area contributed by atoms with Gasteiger partial charge in [0, 0.05) is 36.5 Å². The molecule has 2 fully saturated rings. The highest BCUT2D eigenvalue weighted by Gasteiger charge is 2.46. The average Bonchev–Trinajstić information content (AvgIpc) is 3.63. The lowest BCUT2D eigenvalue weighted by molar-refractivity contribution is -0.138. The monoisotopic (exact) mass is 561 g/mol. The number of nitrogens with one attached hydrogen (secondary N) is 2. The fraction of sp³-hybridized carbons (Fsp3) is 0.552. The van der Waals surface area contributed by atoms with E-state index in [0.717, 1.165) is 73.9 Å². The molecule has 0 radical (unpaired) electrons. The van der Waals surface area contributed by atoms with Crippen molar-refractivity contribution in [3.05, 3.63) is 44.4 Å². The van der Waals surface area contributed by atoms with E-state index in [1.165, 1.54) is 16.8 Å². The Bertz CT molecular complexity index is 1610. The van der Waals surface area contributed by atoms with Crippen molar-refractivity contribution in [2.45, 2.75) is 70.5 Å². The van der Waals surface area contributed by atoms with Gasteiger partial charge in [-0.1, -0.05) is 0 Å². The fourth-order valence-electron chi connectivity index (χ4n) is 7.21. The third-order valence-electron chi connectivity index (χ3n) is 9.53. The van der Waals surface area contributed by atoms with Crippen LogP contribution in [-0.2, 0) is 23.3 Å². The van der Waals surface area contributed by atoms with Gasteiger partial charge in [-0.2, -0.15) is 0 Å². The maximum atomic E-state index is 13.8. The van der Waals surface area contributed by atoms with Gasteiger partial charge in [0.25, 0.3) is 11.5 Å². The van der Waals surface area contributed by atoms with Crippen molar-refractivity contribution in [2.75, 3.05) is 32.0 Å². The van der Waals surface area contributed by atoms with Gasteiger partial charge in [0.1, 0.15) is 34.0 Å². The van der Waals surface area contributed by atoms with Crippen molar-refractivity contribution < 1.29 is 9.59 Å². The molecule has 2 atom stereocenters. The van der Waals surface area contributed by atoms with E-state index in [2.05, 4.69) is 39.5 Å². The summed E-state index contributed by atoms with van der Waals surface area (Å²) < 4.78 is 1.69. The van der Waals surface area contributed by atoms with Gasteiger partial charge in [0.05, 0.1) is 5.39 Å². The van der Waals surface area contributed by atoms with Crippen molar-refractivity contribution in [1.82, 2.24) is 29.7 Å². The maximum Gasteiger partial charge on any atom is 0.276 e. The summed E-state index contributed by atoms with van der Waals surface area (Å²) in [4.78, 5) is 55.6. The minimum Gasteiger partial charge on any atom is -0.340 e. The number of anilines is 2. The van der Waals surface area contributed by atoms with Crippen LogP contribution in [0.1, 0.15) is 65.5 Å². The molecule has 0 aromatic carbocycles. The van der Waals surface area contributed by atoms with Crippen molar-refractivity contribution in [1.29, 1.82) is 0 Å². The normalized spacial score (nSPS) is 23.9. The number of aromatic nitrogens is 3. The molecule has 3 aromatic rings. The molecule has 2 amide bonds. The van der Waals surface area contributed by atoms with Gasteiger partial charge in [-0.25, -0.2) is 9.97 Å². The van der Waals surface area contributed by atoms with E-state index in [1.807, 2.05) is 11.8 Å². The average molecular weight is 562 g/mol. The Morgan fingerprint density at radius 1 is 1.20 bits per heavy atom. The Balaban J connectivity index is 1.20. The SMILES string of the molecule is Cc1cc(Nc2ncnc3sc4c(c23)CC[C@H](C(=O)N2CCN(C)C(C)C2)C4)c(=O)n2c1C(=O)NC21CCCC1. The molecule has 2 aliphatic carbocycles. The minimum absolute atomic E-state index is 0.0165. The maximum absolute atomic E-state index is 13.8. The number of rotatable bonds is 3. The summed E-state index contributed by atoms with van der Waals surface area (Å²) in [5, 5.41) is 7.39. The largest absolute Gasteiger partial charge is 0.340 e. The first-order valence-electron chi connectivity index (χ1n) is 14.4. The molecule has 4 aliphatic rings. The lowest BCUT2D eigenvalue weighted by Gasteiger charge is -2.39. The van der Waals surface area contributed by atoms with Gasteiger partial charge in [-0.15, -0.1) is 11.3 Å². The number of thiophene rings is 1. The molecule has 1 unspecified atom stereocenters. The number of hydrogen-bond donors (Lipinski definition) is 2. The summed E-state index contributed by atoms with van der Waals surface area (Å²) in [5.74, 6) is 0.680. The van der Waals surface area contributed by atoms with E-state index in [4.69, 9.17) is 0 Å². The third kappa shape index (κ3) is 3.88. The van der Waals surface area contributed by atoms with Crippen LogP contribution < -0.4 is 16.2 Å². The Labute approximate surface area is 236 Å². The van der Waals surface area contributed by atoms with E-state index >= 15 is 0 Å². The zero-order chi connectivity index (χ0) is 27.8. The standard InChI is InChI=1S/C29H35N7O3S/c1-16-12-20(28(39)36-23(16)25(37)33-29(36)8-4-5-9-29)32-24-22-19-7-6-18(13-21(19)40-26(22)31-15-30-24)27(38)35-11-10-34(3)17(2)14-35/h12,15,17-18H,4-11,13-14H2,1-3H3,(H,33,37)(H,30,31,32)/t17?,18-/m0/s1. The van der Waals surface area contributed by atoms with Crippen LogP contribution in [0.15, 0.2) is 17.2 Å². The summed E-state index contributed by atoms with van der Waals surface area (Å²) >= 11 is 1.63. The zero-order valence-corrected chi connectivity index (χ0v) is 24.1. The number of amides is 2. The van der Waals surface area contributed by atoms with Crippen molar-refractivity contribution in [3.63, 3.8) is 0 Å². The van der Waals surface area contributed by atoms with Crippen molar-refractivity contribution in [2.24, 2.45) is 5.92 Å². The van der Waals surface area contributed by atoms with E-state index in [9.17, 15) is 14.4 Å². The first-order chi connectivity index (χ1) is 19.3. The van der Waals surface area contributed by atoms with Crippen LogP contribution in [0.25, 0.3) is 10.2 Å². The molecule has 2 N–H and O–H groups in total. The number of pyridine rings is 1. The summed E-state index contributed by atoms with van der Waals surface area (Å²) in [5.41, 5.74) is 1.99. The highest BCUT2D eigenvalue weighted by atomic mass is 32.1. The molecule has 7 rings (SSSR count). The first-order valence-corrected chi connectivity index (χ1v) is 15.2. The van der Waals surface area contributed by atoms with Crippen LogP contribution >= 0.6 is 11.3 Å². The van der Waals surface area contributed by atoms with Crippen LogP contribution in [0.2, 0.25) is 0 Å². The number of aryl methyl sites for hydroxylation is 2. The van der Waals surface area contributed by atoms with Crippen LogP contribution in [0, 0.1) is 12.8 Å². The Morgan fingerprint density at radius 2 is 2.00 bits per heavy atom. The summed E-state index contributed by atoms with van der Waals surface area (Å²) in [6, 6.07) is 2.13. The van der Waals surface area contributed by atoms with Gasteiger partial charge in [-0.3, -0.25) is 19.0 Å². The molecule has 1 spiro atoms. The van der Waals surface area contributed by atoms with Crippen LogP contribution in [0.5, 0.6) is 0 Å². The quantitative estimate of drug-likeness (QED) is 0.505. The highest BCUT2D eigenvalue weighted by Crippen LogP contribution is 2.42. The van der Waals surface area contributed by atoms with Gasteiger partial charge in [0.15, 0.2) is 0 Å². The molecule has 3 aromatic heterocycles.